The molecular weight excluding hydrogens is 358 g/mol. The zero-order chi connectivity index (χ0) is 19.8. The summed E-state index contributed by atoms with van der Waals surface area (Å²) in [4.78, 5) is 14.9. The molecule has 0 bridgehead atoms. The molecule has 0 aromatic heterocycles. The van der Waals surface area contributed by atoms with Crippen LogP contribution in [0.4, 0.5) is 17.1 Å². The molecule has 2 aromatic rings. The summed E-state index contributed by atoms with van der Waals surface area (Å²) in [6.45, 7) is 4.58. The Morgan fingerprint density at radius 1 is 1.07 bits per heavy atom. The summed E-state index contributed by atoms with van der Waals surface area (Å²) in [7, 11) is 0. The predicted octanol–water partition coefficient (Wildman–Crippen LogP) is 5.42. The highest BCUT2D eigenvalue weighted by molar-refractivity contribution is 6.31. The molecular formula is C25H29N3O. The van der Waals surface area contributed by atoms with Crippen molar-refractivity contribution >= 4 is 28.5 Å². The van der Waals surface area contributed by atoms with E-state index in [9.17, 15) is 4.79 Å². The Balaban J connectivity index is 1.31. The van der Waals surface area contributed by atoms with Gasteiger partial charge in [0.15, 0.2) is 0 Å². The van der Waals surface area contributed by atoms with Crippen LogP contribution in [0.5, 0.6) is 0 Å². The van der Waals surface area contributed by atoms with Crippen molar-refractivity contribution in [1.29, 1.82) is 0 Å². The number of piperidine rings is 1. The van der Waals surface area contributed by atoms with Gasteiger partial charge in [0.25, 0.3) is 5.91 Å². The number of rotatable bonds is 3. The van der Waals surface area contributed by atoms with Gasteiger partial charge in [0.2, 0.25) is 0 Å². The van der Waals surface area contributed by atoms with Crippen LogP contribution < -0.4 is 15.5 Å². The molecule has 1 saturated carbocycles. The molecule has 2 aromatic carbocycles. The molecule has 150 valence electrons. The van der Waals surface area contributed by atoms with Gasteiger partial charge in [-0.15, -0.1) is 0 Å². The van der Waals surface area contributed by atoms with Gasteiger partial charge in [-0.25, -0.2) is 0 Å². The molecule has 4 nitrogen and oxygen atoms in total. The van der Waals surface area contributed by atoms with Gasteiger partial charge in [-0.05, 0) is 61.4 Å². The highest BCUT2D eigenvalue weighted by atomic mass is 16.2. The molecule has 2 aliphatic heterocycles. The van der Waals surface area contributed by atoms with E-state index in [-0.39, 0.29) is 5.91 Å². The second-order valence-corrected chi connectivity index (χ2v) is 8.74. The van der Waals surface area contributed by atoms with Gasteiger partial charge in [-0.1, -0.05) is 37.5 Å². The van der Waals surface area contributed by atoms with Gasteiger partial charge in [0.1, 0.15) is 0 Å². The minimum Gasteiger partial charge on any atom is -0.371 e. The Hall–Kier alpha value is -2.75. The van der Waals surface area contributed by atoms with Crippen LogP contribution in [0.25, 0.3) is 5.57 Å². The topological polar surface area (TPSA) is 44.4 Å². The van der Waals surface area contributed by atoms with E-state index in [0.717, 1.165) is 28.8 Å². The lowest BCUT2D eigenvalue weighted by Gasteiger charge is -2.42. The molecule has 2 unspecified atom stereocenters. The third kappa shape index (κ3) is 3.52. The maximum Gasteiger partial charge on any atom is 0.257 e. The Bertz CT molecular complexity index is 964. The van der Waals surface area contributed by atoms with Gasteiger partial charge in [0.05, 0.1) is 5.57 Å². The Morgan fingerprint density at radius 3 is 2.76 bits per heavy atom. The van der Waals surface area contributed by atoms with E-state index in [1.807, 2.05) is 30.5 Å². The lowest BCUT2D eigenvalue weighted by atomic mass is 9.75. The summed E-state index contributed by atoms with van der Waals surface area (Å²) < 4.78 is 0. The molecule has 1 amide bonds. The number of aryl methyl sites for hydroxylation is 1. The first-order valence-electron chi connectivity index (χ1n) is 10.9. The maximum atomic E-state index is 12.3. The first kappa shape index (κ1) is 18.3. The highest BCUT2D eigenvalue weighted by Gasteiger charge is 2.31. The van der Waals surface area contributed by atoms with Crippen molar-refractivity contribution in [2.24, 2.45) is 11.8 Å². The number of nitrogens with one attached hydrogen (secondary N) is 2. The highest BCUT2D eigenvalue weighted by Crippen LogP contribution is 2.38. The van der Waals surface area contributed by atoms with E-state index in [1.54, 1.807) is 0 Å². The molecule has 0 spiro atoms. The third-order valence-electron chi connectivity index (χ3n) is 6.92. The molecule has 0 radical (unpaired) electrons. The molecule has 2 atom stereocenters. The van der Waals surface area contributed by atoms with Crippen LogP contribution in [-0.4, -0.2) is 19.0 Å². The number of amides is 1. The fourth-order valence-electron chi connectivity index (χ4n) is 5.36. The molecule has 29 heavy (non-hydrogen) atoms. The van der Waals surface area contributed by atoms with Crippen LogP contribution in [-0.2, 0) is 4.79 Å². The number of fused-ring (bicyclic) bond motifs is 2. The van der Waals surface area contributed by atoms with Crippen LogP contribution in [0.3, 0.4) is 0 Å². The SMILES string of the molecule is Cc1cc(NC=C2C(=O)Nc3ccccc32)ccc1N1CCC2CCCCC2C1. The molecule has 3 aliphatic rings. The number of anilines is 3. The van der Waals surface area contributed by atoms with Crippen molar-refractivity contribution in [3.63, 3.8) is 0 Å². The van der Waals surface area contributed by atoms with Crippen LogP contribution in [0.1, 0.15) is 43.2 Å². The molecule has 1 aliphatic carbocycles. The van der Waals surface area contributed by atoms with Gasteiger partial charge in [0, 0.05) is 41.9 Å². The summed E-state index contributed by atoms with van der Waals surface area (Å²) in [6.07, 6.45) is 8.83. The lowest BCUT2D eigenvalue weighted by molar-refractivity contribution is -0.110. The number of hydrogen-bond donors (Lipinski definition) is 2. The number of para-hydroxylation sites is 1. The normalized spacial score (nSPS) is 24.8. The summed E-state index contributed by atoms with van der Waals surface area (Å²) in [5, 5.41) is 6.25. The molecule has 5 rings (SSSR count). The number of hydrogen-bond acceptors (Lipinski definition) is 3. The van der Waals surface area contributed by atoms with E-state index in [4.69, 9.17) is 0 Å². The maximum absolute atomic E-state index is 12.3. The molecule has 2 fully saturated rings. The largest absolute Gasteiger partial charge is 0.371 e. The summed E-state index contributed by atoms with van der Waals surface area (Å²) in [6, 6.07) is 14.4. The first-order valence-corrected chi connectivity index (χ1v) is 10.9. The quantitative estimate of drug-likeness (QED) is 0.692. The molecule has 1 saturated heterocycles. The smallest absolute Gasteiger partial charge is 0.257 e. The van der Waals surface area contributed by atoms with Crippen molar-refractivity contribution in [2.75, 3.05) is 28.6 Å². The van der Waals surface area contributed by atoms with Crippen LogP contribution in [0, 0.1) is 18.8 Å². The Kier molecular flexibility index (Phi) is 4.78. The number of nitrogens with zero attached hydrogens (tertiary/aromatic N) is 1. The van der Waals surface area contributed by atoms with Crippen molar-refractivity contribution in [1.82, 2.24) is 0 Å². The van der Waals surface area contributed by atoms with Crippen LogP contribution in [0.15, 0.2) is 48.7 Å². The second-order valence-electron chi connectivity index (χ2n) is 8.74. The number of benzene rings is 2. The Labute approximate surface area is 173 Å². The second kappa shape index (κ2) is 7.58. The zero-order valence-electron chi connectivity index (χ0n) is 17.1. The fraction of sp³-hybridized carbons (Fsp3) is 0.400. The van der Waals surface area contributed by atoms with Crippen molar-refractivity contribution < 1.29 is 4.79 Å². The minimum absolute atomic E-state index is 0.0533. The van der Waals surface area contributed by atoms with Gasteiger partial charge >= 0.3 is 0 Å². The first-order chi connectivity index (χ1) is 14.2. The molecule has 2 N–H and O–H groups in total. The van der Waals surface area contributed by atoms with Crippen molar-refractivity contribution in [3.8, 4) is 0 Å². The van der Waals surface area contributed by atoms with Crippen LogP contribution in [0.2, 0.25) is 0 Å². The summed E-state index contributed by atoms with van der Waals surface area (Å²) >= 11 is 0. The average molecular weight is 388 g/mol. The van der Waals surface area contributed by atoms with E-state index < -0.39 is 0 Å². The summed E-state index contributed by atoms with van der Waals surface area (Å²) in [5.74, 6) is 1.77. The number of carbonyl (C=O) groups excluding carboxylic acids is 1. The van der Waals surface area contributed by atoms with Gasteiger partial charge in [-0.2, -0.15) is 0 Å². The predicted molar refractivity (Wildman–Crippen MR) is 120 cm³/mol. The van der Waals surface area contributed by atoms with E-state index in [0.29, 0.717) is 5.57 Å². The monoisotopic (exact) mass is 387 g/mol. The summed E-state index contributed by atoms with van der Waals surface area (Å²) in [5.41, 5.74) is 6.18. The van der Waals surface area contributed by atoms with Gasteiger partial charge in [-0.3, -0.25) is 4.79 Å². The third-order valence-corrected chi connectivity index (χ3v) is 6.92. The van der Waals surface area contributed by atoms with Gasteiger partial charge < -0.3 is 15.5 Å². The van der Waals surface area contributed by atoms with E-state index in [1.165, 1.54) is 56.4 Å². The van der Waals surface area contributed by atoms with Crippen molar-refractivity contribution in [2.45, 2.75) is 39.0 Å². The molecule has 2 heterocycles. The van der Waals surface area contributed by atoms with E-state index >= 15 is 0 Å². The standard InChI is InChI=1S/C25H29N3O/c1-17-14-20(26-15-22-21-8-4-5-9-23(21)27-25(22)29)10-11-24(17)28-13-12-18-6-2-3-7-19(18)16-28/h4-5,8-11,14-15,18-19,26H,2-3,6-7,12-13,16H2,1H3,(H,27,29). The zero-order valence-corrected chi connectivity index (χ0v) is 17.1. The lowest BCUT2D eigenvalue weighted by Crippen LogP contribution is -2.42. The minimum atomic E-state index is -0.0533. The number of carbonyl (C=O) groups is 1. The average Bonchev–Trinajstić information content (AvgIpc) is 3.07. The van der Waals surface area contributed by atoms with E-state index in [2.05, 4.69) is 40.7 Å². The molecule has 4 heteroatoms. The fourth-order valence-corrected chi connectivity index (χ4v) is 5.36. The van der Waals surface area contributed by atoms with Crippen molar-refractivity contribution in [3.05, 3.63) is 59.8 Å². The Morgan fingerprint density at radius 2 is 1.90 bits per heavy atom. The van der Waals surface area contributed by atoms with Crippen LogP contribution >= 0.6 is 0 Å².